The zero-order valence-corrected chi connectivity index (χ0v) is 19.4. The summed E-state index contributed by atoms with van der Waals surface area (Å²) < 4.78 is 45.2. The number of aromatic amines is 1. The van der Waals surface area contributed by atoms with E-state index in [1.165, 1.54) is 35.2 Å². The third-order valence-electron chi connectivity index (χ3n) is 5.67. The molecule has 0 atom stereocenters. The van der Waals surface area contributed by atoms with Crippen LogP contribution in [0.25, 0.3) is 16.6 Å². The van der Waals surface area contributed by atoms with Crippen molar-refractivity contribution in [3.05, 3.63) is 68.7 Å². The molecule has 35 heavy (non-hydrogen) atoms. The average molecular weight is 507 g/mol. The highest BCUT2D eigenvalue weighted by atomic mass is 32.1. The molecular weight excluding hydrogens is 485 g/mol. The third kappa shape index (κ3) is 4.92. The second-order valence-corrected chi connectivity index (χ2v) is 8.24. The van der Waals surface area contributed by atoms with Gasteiger partial charge in [-0.05, 0) is 55.5 Å². The van der Waals surface area contributed by atoms with Crippen molar-refractivity contribution < 1.29 is 27.5 Å². The molecule has 0 bridgehead atoms. The number of hydrogen-bond donors (Lipinski definition) is 1. The zero-order valence-electron chi connectivity index (χ0n) is 18.6. The fourth-order valence-electron chi connectivity index (χ4n) is 3.90. The van der Waals surface area contributed by atoms with E-state index in [1.807, 2.05) is 0 Å². The van der Waals surface area contributed by atoms with Crippen molar-refractivity contribution in [1.82, 2.24) is 19.4 Å². The number of nitrogens with zero attached hydrogens (tertiary/aromatic N) is 3. The largest absolute Gasteiger partial charge is 0.450 e. The van der Waals surface area contributed by atoms with E-state index >= 15 is 0 Å². The number of aromatic nitrogens is 2. The molecule has 0 radical (unpaired) electrons. The Morgan fingerprint density at radius 3 is 2.40 bits per heavy atom. The number of alkyl halides is 3. The first-order valence-corrected chi connectivity index (χ1v) is 11.2. The first kappa shape index (κ1) is 24.5. The number of amides is 2. The third-order valence-corrected chi connectivity index (χ3v) is 5.95. The van der Waals surface area contributed by atoms with Crippen molar-refractivity contribution in [1.29, 1.82) is 0 Å². The maximum absolute atomic E-state index is 13.1. The van der Waals surface area contributed by atoms with Gasteiger partial charge in [-0.3, -0.25) is 14.2 Å². The fraction of sp³-hybridized carbons (Fsp3) is 0.304. The van der Waals surface area contributed by atoms with Crippen molar-refractivity contribution in [3.63, 3.8) is 0 Å². The molecule has 2 heterocycles. The number of piperazine rings is 1. The molecule has 3 aromatic rings. The Hall–Kier alpha value is -3.67. The summed E-state index contributed by atoms with van der Waals surface area (Å²) in [5, 5.41) is 0.166. The number of H-pyrrole nitrogens is 1. The first-order chi connectivity index (χ1) is 16.6. The van der Waals surface area contributed by atoms with Gasteiger partial charge in [-0.2, -0.15) is 13.2 Å². The lowest BCUT2D eigenvalue weighted by Crippen LogP contribution is -2.50. The Kier molecular flexibility index (Phi) is 6.66. The van der Waals surface area contributed by atoms with Crippen LogP contribution in [-0.4, -0.2) is 64.1 Å². The fourth-order valence-corrected chi connectivity index (χ4v) is 4.19. The zero-order chi connectivity index (χ0) is 25.3. The molecule has 2 amide bonds. The van der Waals surface area contributed by atoms with Crippen LogP contribution in [0.4, 0.5) is 18.0 Å². The van der Waals surface area contributed by atoms with Crippen molar-refractivity contribution in [2.45, 2.75) is 13.1 Å². The molecule has 1 aliphatic heterocycles. The molecule has 8 nitrogen and oxygen atoms in total. The average Bonchev–Trinajstić information content (AvgIpc) is 2.83. The Morgan fingerprint density at radius 1 is 1.06 bits per heavy atom. The van der Waals surface area contributed by atoms with Gasteiger partial charge in [-0.1, -0.05) is 6.07 Å². The van der Waals surface area contributed by atoms with Crippen molar-refractivity contribution in [2.24, 2.45) is 0 Å². The molecule has 1 fully saturated rings. The highest BCUT2D eigenvalue weighted by Gasteiger charge is 2.31. The number of halogens is 3. The van der Waals surface area contributed by atoms with Crippen LogP contribution >= 0.6 is 12.2 Å². The second-order valence-electron chi connectivity index (χ2n) is 7.86. The van der Waals surface area contributed by atoms with Gasteiger partial charge in [0.2, 0.25) is 0 Å². The smallest absolute Gasteiger partial charge is 0.416 e. The van der Waals surface area contributed by atoms with Crippen molar-refractivity contribution in [2.75, 3.05) is 32.8 Å². The van der Waals surface area contributed by atoms with E-state index in [9.17, 15) is 27.6 Å². The van der Waals surface area contributed by atoms with Crippen LogP contribution < -0.4 is 5.56 Å². The molecule has 1 aliphatic rings. The van der Waals surface area contributed by atoms with Crippen LogP contribution in [-0.2, 0) is 10.9 Å². The maximum Gasteiger partial charge on any atom is 0.416 e. The normalized spacial score (nSPS) is 14.3. The Labute approximate surface area is 202 Å². The van der Waals surface area contributed by atoms with Gasteiger partial charge in [-0.25, -0.2) is 4.79 Å². The summed E-state index contributed by atoms with van der Waals surface area (Å²) >= 11 is 5.26. The highest BCUT2D eigenvalue weighted by molar-refractivity contribution is 7.71. The number of carbonyl (C=O) groups excluding carboxylic acids is 2. The van der Waals surface area contributed by atoms with E-state index < -0.39 is 23.4 Å². The number of fused-ring (bicyclic) bond motifs is 1. The number of rotatable bonds is 3. The molecule has 4 rings (SSSR count). The summed E-state index contributed by atoms with van der Waals surface area (Å²) in [6.45, 7) is 3.30. The Morgan fingerprint density at radius 2 is 1.74 bits per heavy atom. The van der Waals surface area contributed by atoms with E-state index in [4.69, 9.17) is 17.0 Å². The summed E-state index contributed by atoms with van der Waals surface area (Å²) in [4.78, 5) is 43.9. The molecule has 184 valence electrons. The Bertz CT molecular complexity index is 1410. The molecule has 0 saturated carbocycles. The number of benzene rings is 2. The quantitative estimate of drug-likeness (QED) is 0.543. The maximum atomic E-state index is 13.1. The molecule has 12 heteroatoms. The van der Waals surface area contributed by atoms with Crippen molar-refractivity contribution in [3.8, 4) is 5.69 Å². The van der Waals surface area contributed by atoms with E-state index in [2.05, 4.69) is 4.98 Å². The summed E-state index contributed by atoms with van der Waals surface area (Å²) in [5.41, 5.74) is -0.929. The number of carbonyl (C=O) groups is 2. The van der Waals surface area contributed by atoms with Gasteiger partial charge in [-0.15, -0.1) is 0 Å². The van der Waals surface area contributed by atoms with Crippen LogP contribution in [0.3, 0.4) is 0 Å². The molecule has 0 aliphatic carbocycles. The minimum Gasteiger partial charge on any atom is -0.450 e. The van der Waals surface area contributed by atoms with Gasteiger partial charge < -0.3 is 19.5 Å². The number of nitrogens with one attached hydrogen (secondary N) is 1. The van der Waals surface area contributed by atoms with Gasteiger partial charge in [0, 0.05) is 31.7 Å². The van der Waals surface area contributed by atoms with Gasteiger partial charge in [0.15, 0.2) is 4.77 Å². The summed E-state index contributed by atoms with van der Waals surface area (Å²) in [7, 11) is 0. The first-order valence-electron chi connectivity index (χ1n) is 10.8. The van der Waals surface area contributed by atoms with E-state index in [0.29, 0.717) is 37.3 Å². The Balaban J connectivity index is 1.62. The number of hydrogen-bond acceptors (Lipinski definition) is 5. The monoisotopic (exact) mass is 506 g/mol. The van der Waals surface area contributed by atoms with Crippen LogP contribution in [0.5, 0.6) is 0 Å². The standard InChI is InChI=1S/C23H21F3N4O4S/c1-2-34-22(33)29-10-8-28(9-11-29)19(31)14-6-7-17-18(12-14)27-21(35)30(20(17)32)16-5-3-4-15(13-16)23(24,25)26/h3-7,12-13H,2,8-11H2,1H3,(H,27,35). The number of ether oxygens (including phenoxy) is 1. The lowest BCUT2D eigenvalue weighted by Gasteiger charge is -2.34. The van der Waals surface area contributed by atoms with Crippen LogP contribution in [0, 0.1) is 4.77 Å². The summed E-state index contributed by atoms with van der Waals surface area (Å²) in [6.07, 6.45) is -4.99. The van der Waals surface area contributed by atoms with Gasteiger partial charge >= 0.3 is 12.3 Å². The van der Waals surface area contributed by atoms with Gasteiger partial charge in [0.1, 0.15) is 0 Å². The van der Waals surface area contributed by atoms with Crippen molar-refractivity contribution >= 4 is 35.1 Å². The predicted octanol–water partition coefficient (Wildman–Crippen LogP) is 3.98. The SMILES string of the molecule is CCOC(=O)N1CCN(C(=O)c2ccc3c(=O)n(-c4cccc(C(F)(F)F)c4)c(=S)[nH]c3c2)CC1. The van der Waals surface area contributed by atoms with Gasteiger partial charge in [0.25, 0.3) is 11.5 Å². The van der Waals surface area contributed by atoms with E-state index in [0.717, 1.165) is 16.7 Å². The lowest BCUT2D eigenvalue weighted by molar-refractivity contribution is -0.137. The minimum atomic E-state index is -4.57. The second kappa shape index (κ2) is 9.53. The lowest BCUT2D eigenvalue weighted by atomic mass is 10.1. The summed E-state index contributed by atoms with van der Waals surface area (Å²) in [6, 6.07) is 8.74. The van der Waals surface area contributed by atoms with Crippen LogP contribution in [0.1, 0.15) is 22.8 Å². The molecule has 2 aromatic carbocycles. The van der Waals surface area contributed by atoms with Gasteiger partial charge in [0.05, 0.1) is 28.8 Å². The molecule has 1 aromatic heterocycles. The molecular formula is C23H21F3N4O4S. The van der Waals surface area contributed by atoms with Crippen LogP contribution in [0.15, 0.2) is 47.3 Å². The highest BCUT2D eigenvalue weighted by Crippen LogP contribution is 2.30. The molecule has 1 saturated heterocycles. The predicted molar refractivity (Wildman–Crippen MR) is 124 cm³/mol. The van der Waals surface area contributed by atoms with E-state index in [1.54, 1.807) is 11.8 Å². The topological polar surface area (TPSA) is 87.6 Å². The van der Waals surface area contributed by atoms with Crippen LogP contribution in [0.2, 0.25) is 0 Å². The minimum absolute atomic E-state index is 0.0207. The van der Waals surface area contributed by atoms with E-state index in [-0.39, 0.29) is 28.4 Å². The molecule has 0 unspecified atom stereocenters. The molecule has 1 N–H and O–H groups in total. The summed E-state index contributed by atoms with van der Waals surface area (Å²) in [5.74, 6) is -0.281. The molecule has 0 spiro atoms.